The lowest BCUT2D eigenvalue weighted by atomic mass is 10.2. The SMILES string of the molecule is O=C(OCC(=O)N1CCNC1=O)c1ccc(NC(=O)c2cccs2)cc1. The molecule has 1 aliphatic rings. The van der Waals surface area contributed by atoms with Gasteiger partial charge in [0, 0.05) is 18.8 Å². The van der Waals surface area contributed by atoms with Crippen LogP contribution in [-0.2, 0) is 9.53 Å². The van der Waals surface area contributed by atoms with Crippen LogP contribution < -0.4 is 10.6 Å². The number of ether oxygens (including phenoxy) is 1. The van der Waals surface area contributed by atoms with Crippen molar-refractivity contribution in [3.8, 4) is 0 Å². The smallest absolute Gasteiger partial charge is 0.338 e. The summed E-state index contributed by atoms with van der Waals surface area (Å²) in [5.41, 5.74) is 0.766. The van der Waals surface area contributed by atoms with Crippen molar-refractivity contribution < 1.29 is 23.9 Å². The molecule has 134 valence electrons. The van der Waals surface area contributed by atoms with Crippen molar-refractivity contribution in [3.63, 3.8) is 0 Å². The monoisotopic (exact) mass is 373 g/mol. The van der Waals surface area contributed by atoms with Crippen molar-refractivity contribution in [3.05, 3.63) is 52.2 Å². The first-order chi connectivity index (χ1) is 12.5. The quantitative estimate of drug-likeness (QED) is 0.777. The van der Waals surface area contributed by atoms with E-state index in [2.05, 4.69) is 10.6 Å². The first kappa shape index (κ1) is 17.6. The number of rotatable bonds is 5. The molecule has 0 spiro atoms. The Kier molecular flexibility index (Phi) is 5.28. The van der Waals surface area contributed by atoms with Crippen LogP contribution in [0.15, 0.2) is 41.8 Å². The van der Waals surface area contributed by atoms with Gasteiger partial charge in [-0.05, 0) is 35.7 Å². The van der Waals surface area contributed by atoms with E-state index in [9.17, 15) is 19.2 Å². The van der Waals surface area contributed by atoms with Crippen molar-refractivity contribution in [2.24, 2.45) is 0 Å². The molecule has 1 saturated heterocycles. The lowest BCUT2D eigenvalue weighted by Gasteiger charge is -2.12. The number of thiophene rings is 1. The van der Waals surface area contributed by atoms with E-state index in [1.807, 2.05) is 0 Å². The molecule has 1 aliphatic heterocycles. The number of benzene rings is 1. The van der Waals surface area contributed by atoms with Crippen LogP contribution >= 0.6 is 11.3 Å². The molecule has 0 atom stereocenters. The molecule has 2 N–H and O–H groups in total. The van der Waals surface area contributed by atoms with Crippen LogP contribution in [0, 0.1) is 0 Å². The van der Waals surface area contributed by atoms with E-state index in [1.165, 1.54) is 23.5 Å². The maximum atomic E-state index is 12.0. The van der Waals surface area contributed by atoms with Crippen LogP contribution in [0.3, 0.4) is 0 Å². The van der Waals surface area contributed by atoms with Gasteiger partial charge in [-0.25, -0.2) is 9.59 Å². The number of urea groups is 1. The predicted molar refractivity (Wildman–Crippen MR) is 94.1 cm³/mol. The fourth-order valence-electron chi connectivity index (χ4n) is 2.29. The lowest BCUT2D eigenvalue weighted by Crippen LogP contribution is -2.37. The van der Waals surface area contributed by atoms with Gasteiger partial charge in [-0.1, -0.05) is 6.07 Å². The van der Waals surface area contributed by atoms with E-state index < -0.39 is 24.5 Å². The molecule has 8 nitrogen and oxygen atoms in total. The van der Waals surface area contributed by atoms with E-state index in [0.717, 1.165) is 4.90 Å². The highest BCUT2D eigenvalue weighted by Gasteiger charge is 2.26. The number of nitrogens with zero attached hydrogens (tertiary/aromatic N) is 1. The van der Waals surface area contributed by atoms with Gasteiger partial charge in [0.2, 0.25) is 0 Å². The highest BCUT2D eigenvalue weighted by atomic mass is 32.1. The van der Waals surface area contributed by atoms with E-state index >= 15 is 0 Å². The van der Waals surface area contributed by atoms with Crippen LogP contribution in [0.2, 0.25) is 0 Å². The van der Waals surface area contributed by atoms with Crippen LogP contribution in [0.25, 0.3) is 0 Å². The van der Waals surface area contributed by atoms with Gasteiger partial charge >= 0.3 is 12.0 Å². The van der Waals surface area contributed by atoms with E-state index in [0.29, 0.717) is 17.1 Å². The molecule has 1 aromatic carbocycles. The standard InChI is InChI=1S/C17H15N3O5S/c21-14(20-8-7-18-17(20)24)10-25-16(23)11-3-5-12(6-4-11)19-15(22)13-2-1-9-26-13/h1-6,9H,7-8,10H2,(H,18,24)(H,19,22). The number of hydrogen-bond acceptors (Lipinski definition) is 6. The molecular formula is C17H15N3O5S. The number of nitrogens with one attached hydrogen (secondary N) is 2. The number of hydrogen-bond donors (Lipinski definition) is 2. The lowest BCUT2D eigenvalue weighted by molar-refractivity contribution is -0.130. The Bertz CT molecular complexity index is 833. The van der Waals surface area contributed by atoms with Gasteiger partial charge in [0.1, 0.15) is 0 Å². The zero-order valence-corrected chi connectivity index (χ0v) is 14.4. The van der Waals surface area contributed by atoms with Gasteiger partial charge in [0.05, 0.1) is 10.4 Å². The van der Waals surface area contributed by atoms with Gasteiger partial charge in [-0.3, -0.25) is 14.5 Å². The minimum absolute atomic E-state index is 0.232. The molecule has 0 bridgehead atoms. The number of anilines is 1. The molecule has 2 heterocycles. The molecule has 0 saturated carbocycles. The Morgan fingerprint density at radius 3 is 2.58 bits per heavy atom. The molecule has 9 heteroatoms. The summed E-state index contributed by atoms with van der Waals surface area (Å²) in [7, 11) is 0. The Morgan fingerprint density at radius 2 is 1.96 bits per heavy atom. The summed E-state index contributed by atoms with van der Waals surface area (Å²) in [6.45, 7) is 0.133. The van der Waals surface area contributed by atoms with Gasteiger partial charge in [-0.2, -0.15) is 0 Å². The summed E-state index contributed by atoms with van der Waals surface area (Å²) in [5.74, 6) is -1.49. The third kappa shape index (κ3) is 4.06. The van der Waals surface area contributed by atoms with E-state index in [4.69, 9.17) is 4.74 Å². The third-order valence-electron chi connectivity index (χ3n) is 3.61. The largest absolute Gasteiger partial charge is 0.452 e. The van der Waals surface area contributed by atoms with Crippen LogP contribution in [0.1, 0.15) is 20.0 Å². The summed E-state index contributed by atoms with van der Waals surface area (Å²) in [4.78, 5) is 48.7. The molecule has 0 aliphatic carbocycles. The van der Waals surface area contributed by atoms with Crippen LogP contribution in [0.4, 0.5) is 10.5 Å². The molecule has 1 fully saturated rings. The Balaban J connectivity index is 1.52. The minimum Gasteiger partial charge on any atom is -0.452 e. The maximum Gasteiger partial charge on any atom is 0.338 e. The summed E-state index contributed by atoms with van der Waals surface area (Å²) in [5, 5.41) is 7.02. The number of imide groups is 1. The Labute approximate surface area is 152 Å². The highest BCUT2D eigenvalue weighted by molar-refractivity contribution is 7.12. The Morgan fingerprint density at radius 1 is 1.19 bits per heavy atom. The topological polar surface area (TPSA) is 105 Å². The number of amides is 4. The van der Waals surface area contributed by atoms with Crippen molar-refractivity contribution in [2.75, 3.05) is 25.0 Å². The van der Waals surface area contributed by atoms with Gasteiger partial charge < -0.3 is 15.4 Å². The second kappa shape index (κ2) is 7.79. The van der Waals surface area contributed by atoms with E-state index in [1.54, 1.807) is 29.6 Å². The molecule has 4 amide bonds. The number of carbonyl (C=O) groups is 4. The highest BCUT2D eigenvalue weighted by Crippen LogP contribution is 2.15. The predicted octanol–water partition coefficient (Wildman–Crippen LogP) is 1.71. The third-order valence-corrected chi connectivity index (χ3v) is 4.48. The summed E-state index contributed by atoms with van der Waals surface area (Å²) >= 11 is 1.33. The number of esters is 1. The van der Waals surface area contributed by atoms with Crippen LogP contribution in [0.5, 0.6) is 0 Å². The molecule has 1 aromatic heterocycles. The van der Waals surface area contributed by atoms with Crippen LogP contribution in [-0.4, -0.2) is 48.4 Å². The average molecular weight is 373 g/mol. The fourth-order valence-corrected chi connectivity index (χ4v) is 2.91. The van der Waals surface area contributed by atoms with Crippen molar-refractivity contribution in [1.82, 2.24) is 10.2 Å². The molecule has 2 aromatic rings. The molecule has 26 heavy (non-hydrogen) atoms. The first-order valence-corrected chi connectivity index (χ1v) is 8.63. The molecule has 0 unspecified atom stereocenters. The molecule has 3 rings (SSSR count). The maximum absolute atomic E-state index is 12.0. The van der Waals surface area contributed by atoms with Crippen molar-refractivity contribution >= 4 is 40.8 Å². The van der Waals surface area contributed by atoms with Gasteiger partial charge in [-0.15, -0.1) is 11.3 Å². The van der Waals surface area contributed by atoms with Gasteiger partial charge in [0.25, 0.3) is 11.8 Å². The summed E-state index contributed by atoms with van der Waals surface area (Å²) < 4.78 is 4.93. The van der Waals surface area contributed by atoms with Gasteiger partial charge in [0.15, 0.2) is 6.61 Å². The average Bonchev–Trinajstić information content (AvgIpc) is 3.31. The second-order valence-electron chi connectivity index (χ2n) is 5.36. The molecular weight excluding hydrogens is 358 g/mol. The van der Waals surface area contributed by atoms with E-state index in [-0.39, 0.29) is 18.0 Å². The minimum atomic E-state index is -0.686. The number of carbonyl (C=O) groups excluding carboxylic acids is 4. The summed E-state index contributed by atoms with van der Waals surface area (Å²) in [6.07, 6.45) is 0. The Hall–Kier alpha value is -3.20. The normalized spacial score (nSPS) is 13.2. The first-order valence-electron chi connectivity index (χ1n) is 7.75. The zero-order valence-electron chi connectivity index (χ0n) is 13.6. The fraction of sp³-hybridized carbons (Fsp3) is 0.176. The summed E-state index contributed by atoms with van der Waals surface area (Å²) in [6, 6.07) is 9.11. The van der Waals surface area contributed by atoms with Crippen molar-refractivity contribution in [2.45, 2.75) is 0 Å². The second-order valence-corrected chi connectivity index (χ2v) is 6.31. The zero-order chi connectivity index (χ0) is 18.5. The molecule has 0 radical (unpaired) electrons. The van der Waals surface area contributed by atoms with Crippen molar-refractivity contribution in [1.29, 1.82) is 0 Å².